The molecule has 2 aliphatic rings. The molecule has 5 heterocycles. The van der Waals surface area contributed by atoms with E-state index in [1.165, 1.54) is 0 Å². The predicted molar refractivity (Wildman–Crippen MR) is 325 cm³/mol. The highest BCUT2D eigenvalue weighted by molar-refractivity contribution is 7.28. The van der Waals surface area contributed by atoms with Gasteiger partial charge in [0.2, 0.25) is 0 Å². The summed E-state index contributed by atoms with van der Waals surface area (Å²) >= 11 is 1.67. The standard InChI is InChI=1S/C70H48BN3OS/c1-70(2,3)46-35-38-57-53(41-46)50-28-14-18-32-56(50)72(57)48-36-37-54-58(42-48)74(55-31-17-13-27-49(55)44-23-9-5-10-24-44)60-40-45(43-21-7-4-8-22-43)39-59-65(60)71(54)66-67(73(59)47-25-11-6-12-26-47)68-63(51-29-15-19-33-61(51)75-68)64-52-30-16-20-34-62(52)76-69(64)66/h4-42H,1-3H3/i6D,11D,12D,14D,18D,25D,26D,28D,32D. The van der Waals surface area contributed by atoms with Crippen molar-refractivity contribution < 1.29 is 16.8 Å². The Balaban J connectivity index is 1.12. The Kier molecular flexibility index (Phi) is 7.50. The fourth-order valence-corrected chi connectivity index (χ4v) is 13.7. The number of hydrogen-bond donors (Lipinski definition) is 0. The van der Waals surface area contributed by atoms with Gasteiger partial charge < -0.3 is 18.8 Å². The third kappa shape index (κ3) is 6.19. The number of aromatic nitrogens is 1. The van der Waals surface area contributed by atoms with E-state index >= 15 is 0 Å². The monoisotopic (exact) mass is 998 g/mol. The maximum absolute atomic E-state index is 9.92. The molecule has 0 bridgehead atoms. The summed E-state index contributed by atoms with van der Waals surface area (Å²) in [5.41, 5.74) is 13.5. The average molecular weight is 999 g/mol. The molecule has 0 unspecified atom stereocenters. The van der Waals surface area contributed by atoms with Gasteiger partial charge in [0.05, 0.1) is 34.7 Å². The second-order valence-corrected chi connectivity index (χ2v) is 22.0. The third-order valence-electron chi connectivity index (χ3n) is 15.7. The van der Waals surface area contributed by atoms with Crippen molar-refractivity contribution in [2.24, 2.45) is 0 Å². The molecular weight excluding hydrogens is 942 g/mol. The van der Waals surface area contributed by atoms with Crippen LogP contribution in [0, 0.1) is 0 Å². The molecule has 16 rings (SSSR count). The summed E-state index contributed by atoms with van der Waals surface area (Å²) in [7, 11) is 0. The molecule has 3 aromatic heterocycles. The molecule has 0 amide bonds. The molecule has 6 heteroatoms. The van der Waals surface area contributed by atoms with Gasteiger partial charge >= 0.3 is 0 Å². The van der Waals surface area contributed by atoms with Crippen molar-refractivity contribution >= 4 is 132 Å². The maximum Gasteiger partial charge on any atom is 0.254 e. The molecule has 14 aromatic rings. The summed E-state index contributed by atoms with van der Waals surface area (Å²) in [5.74, 6) is 0. The first-order chi connectivity index (χ1) is 41.1. The molecule has 0 saturated carbocycles. The van der Waals surface area contributed by atoms with Crippen LogP contribution in [0.2, 0.25) is 0 Å². The number of thiophene rings is 1. The number of fused-ring (bicyclic) bond motifs is 16. The van der Waals surface area contributed by atoms with E-state index in [9.17, 15) is 8.22 Å². The molecule has 0 spiro atoms. The Morgan fingerprint density at radius 2 is 1.18 bits per heavy atom. The zero-order chi connectivity index (χ0) is 58.2. The summed E-state index contributed by atoms with van der Waals surface area (Å²) in [6.07, 6.45) is 0. The van der Waals surface area contributed by atoms with Gasteiger partial charge in [-0.15, -0.1) is 11.3 Å². The number of hydrogen-bond acceptors (Lipinski definition) is 4. The Morgan fingerprint density at radius 1 is 0.487 bits per heavy atom. The molecule has 2 aliphatic heterocycles. The predicted octanol–water partition coefficient (Wildman–Crippen LogP) is 17.8. The second kappa shape index (κ2) is 16.2. The lowest BCUT2D eigenvalue weighted by atomic mass is 9.33. The van der Waals surface area contributed by atoms with Gasteiger partial charge in [0.15, 0.2) is 5.58 Å². The quantitative estimate of drug-likeness (QED) is 0.161. The highest BCUT2D eigenvalue weighted by atomic mass is 32.1. The van der Waals surface area contributed by atoms with Crippen molar-refractivity contribution in [3.8, 4) is 27.9 Å². The summed E-state index contributed by atoms with van der Waals surface area (Å²) in [5, 5.41) is 4.94. The van der Waals surface area contributed by atoms with Crippen LogP contribution >= 0.6 is 11.3 Å². The van der Waals surface area contributed by atoms with Crippen LogP contribution in [0.1, 0.15) is 38.7 Å². The number of furan rings is 1. The summed E-state index contributed by atoms with van der Waals surface area (Å²) in [6, 6.07) is 58.9. The van der Waals surface area contributed by atoms with Crippen LogP contribution in [0.4, 0.5) is 34.1 Å². The number of benzene rings is 11. The van der Waals surface area contributed by atoms with Crippen molar-refractivity contribution in [1.29, 1.82) is 0 Å². The first-order valence-electron chi connectivity index (χ1n) is 30.1. The molecule has 0 saturated heterocycles. The van der Waals surface area contributed by atoms with E-state index in [-0.39, 0.29) is 47.4 Å². The summed E-state index contributed by atoms with van der Waals surface area (Å²) in [4.78, 5) is 4.21. The van der Waals surface area contributed by atoms with E-state index in [0.717, 1.165) is 103 Å². The lowest BCUT2D eigenvalue weighted by Crippen LogP contribution is -2.61. The van der Waals surface area contributed by atoms with Gasteiger partial charge in [-0.2, -0.15) is 0 Å². The molecule has 0 atom stereocenters. The first-order valence-corrected chi connectivity index (χ1v) is 26.4. The minimum atomic E-state index is -0.590. The SMILES string of the molecule is [2H]c1c([2H])c([2H])c(N2c3cc(-c4ccccc4)cc4c3B(c3ccc(-n5c6ccc(C(C)(C)C)cc6c6c([2H])c([2H])c([2H])c([2H])c65)cc3N4c3ccccc3-c3ccccc3)c3c2c2oc4ccccc4c2c2c3sc3ccccc32)c([2H])c1[2H]. The lowest BCUT2D eigenvalue weighted by molar-refractivity contribution is 0.591. The smallest absolute Gasteiger partial charge is 0.254 e. The van der Waals surface area contributed by atoms with Crippen molar-refractivity contribution in [2.45, 2.75) is 26.2 Å². The van der Waals surface area contributed by atoms with Crippen molar-refractivity contribution in [3.05, 3.63) is 242 Å². The van der Waals surface area contributed by atoms with Gasteiger partial charge in [-0.1, -0.05) is 184 Å². The van der Waals surface area contributed by atoms with Gasteiger partial charge in [-0.3, -0.25) is 0 Å². The van der Waals surface area contributed by atoms with Crippen molar-refractivity contribution in [3.63, 3.8) is 0 Å². The van der Waals surface area contributed by atoms with E-state index in [1.54, 1.807) is 11.3 Å². The van der Waals surface area contributed by atoms with Gasteiger partial charge in [0.25, 0.3) is 6.71 Å². The number of anilines is 6. The Labute approximate surface area is 457 Å². The molecule has 358 valence electrons. The van der Waals surface area contributed by atoms with Crippen LogP contribution in [0.5, 0.6) is 0 Å². The normalized spacial score (nSPS) is 14.8. The molecule has 4 nitrogen and oxygen atoms in total. The molecule has 0 aliphatic carbocycles. The van der Waals surface area contributed by atoms with Crippen LogP contribution in [0.3, 0.4) is 0 Å². The van der Waals surface area contributed by atoms with Gasteiger partial charge in [-0.05, 0) is 117 Å². The van der Waals surface area contributed by atoms with Crippen LogP contribution in [-0.2, 0) is 5.41 Å². The minimum absolute atomic E-state index is 0.0109. The molecular formula is C70H48BN3OS. The zero-order valence-corrected chi connectivity index (χ0v) is 42.4. The van der Waals surface area contributed by atoms with E-state index < -0.39 is 24.8 Å². The third-order valence-corrected chi connectivity index (χ3v) is 16.9. The number of rotatable bonds is 5. The number of para-hydroxylation sites is 4. The van der Waals surface area contributed by atoms with Crippen LogP contribution < -0.4 is 26.2 Å². The zero-order valence-electron chi connectivity index (χ0n) is 50.6. The summed E-state index contributed by atoms with van der Waals surface area (Å²) < 4.78 is 95.8. The maximum atomic E-state index is 9.92. The van der Waals surface area contributed by atoms with Gasteiger partial charge in [0, 0.05) is 75.7 Å². The Morgan fingerprint density at radius 3 is 2.00 bits per heavy atom. The largest absolute Gasteiger partial charge is 0.454 e. The average Bonchev–Trinajstić information content (AvgIpc) is 2.37. The summed E-state index contributed by atoms with van der Waals surface area (Å²) in [6.45, 7) is 5.82. The molecule has 0 radical (unpaired) electrons. The van der Waals surface area contributed by atoms with Crippen LogP contribution in [-0.4, -0.2) is 11.3 Å². The lowest BCUT2D eigenvalue weighted by Gasteiger charge is -2.45. The van der Waals surface area contributed by atoms with E-state index in [1.807, 2.05) is 88.3 Å². The minimum Gasteiger partial charge on any atom is -0.454 e. The highest BCUT2D eigenvalue weighted by Gasteiger charge is 2.47. The fraction of sp³-hybridized carbons (Fsp3) is 0.0571. The first kappa shape index (κ1) is 35.2. The topological polar surface area (TPSA) is 24.6 Å². The van der Waals surface area contributed by atoms with E-state index in [4.69, 9.17) is 8.53 Å². The highest BCUT2D eigenvalue weighted by Crippen LogP contribution is 2.54. The number of nitrogens with zero attached hydrogens (tertiary/aromatic N) is 3. The van der Waals surface area contributed by atoms with Gasteiger partial charge in [-0.25, -0.2) is 0 Å². The molecule has 76 heavy (non-hydrogen) atoms. The van der Waals surface area contributed by atoms with Crippen molar-refractivity contribution in [2.75, 3.05) is 9.80 Å². The second-order valence-electron chi connectivity index (χ2n) is 20.9. The Hall–Kier alpha value is -9.10. The van der Waals surface area contributed by atoms with E-state index in [0.29, 0.717) is 39.1 Å². The van der Waals surface area contributed by atoms with Crippen LogP contribution in [0.25, 0.3) is 91.9 Å². The van der Waals surface area contributed by atoms with Crippen molar-refractivity contribution in [1.82, 2.24) is 4.57 Å². The molecule has 11 aromatic carbocycles. The molecule has 0 fully saturated rings. The van der Waals surface area contributed by atoms with Gasteiger partial charge in [0.1, 0.15) is 5.58 Å². The van der Waals surface area contributed by atoms with Crippen LogP contribution in [0.15, 0.2) is 241 Å². The van der Waals surface area contributed by atoms with E-state index in [2.05, 4.69) is 129 Å². The fourth-order valence-electron chi connectivity index (χ4n) is 12.4. The molecule has 0 N–H and O–H groups in total. The Bertz CT molecular complexity index is 5240.